The first-order valence-corrected chi connectivity index (χ1v) is 10.1. The number of carbonyl (C=O) groups is 1. The van der Waals surface area contributed by atoms with Gasteiger partial charge in [0.25, 0.3) is 0 Å². The average molecular weight is 349 g/mol. The lowest BCUT2D eigenvalue weighted by molar-refractivity contribution is 0.0691. The van der Waals surface area contributed by atoms with Gasteiger partial charge in [-0.15, -0.1) is 0 Å². The van der Waals surface area contributed by atoms with Crippen molar-refractivity contribution in [3.8, 4) is 5.75 Å². The molecular formula is C22H36O3. The number of benzene rings is 1. The summed E-state index contributed by atoms with van der Waals surface area (Å²) in [6, 6.07) is 5.50. The highest BCUT2D eigenvalue weighted by Gasteiger charge is 2.19. The van der Waals surface area contributed by atoms with Gasteiger partial charge in [0.2, 0.25) is 0 Å². The van der Waals surface area contributed by atoms with E-state index in [9.17, 15) is 9.90 Å². The molecule has 0 saturated carbocycles. The fraction of sp³-hybridized carbons (Fsp3) is 0.682. The summed E-state index contributed by atoms with van der Waals surface area (Å²) in [6.07, 6.45) is 12.0. The normalized spacial score (nSPS) is 11.0. The first-order valence-electron chi connectivity index (χ1n) is 10.1. The first-order chi connectivity index (χ1) is 12.2. The monoisotopic (exact) mass is 348 g/mol. The Hall–Kier alpha value is -1.51. The van der Waals surface area contributed by atoms with Crippen LogP contribution < -0.4 is 4.74 Å². The molecule has 0 aliphatic heterocycles. The van der Waals surface area contributed by atoms with Gasteiger partial charge in [0.1, 0.15) is 11.3 Å². The molecule has 0 saturated heterocycles. The van der Waals surface area contributed by atoms with Crippen LogP contribution >= 0.6 is 0 Å². The third kappa shape index (κ3) is 7.50. The lowest BCUT2D eigenvalue weighted by atomic mass is 9.91. The van der Waals surface area contributed by atoms with E-state index in [1.54, 1.807) is 6.07 Å². The molecule has 0 aromatic heterocycles. The zero-order valence-corrected chi connectivity index (χ0v) is 16.4. The molecule has 1 N–H and O–H groups in total. The topological polar surface area (TPSA) is 46.5 Å². The van der Waals surface area contributed by atoms with Crippen LogP contribution in [-0.2, 0) is 0 Å². The molecule has 1 aromatic rings. The maximum absolute atomic E-state index is 11.6. The van der Waals surface area contributed by atoms with E-state index in [0.717, 1.165) is 31.2 Å². The fourth-order valence-electron chi connectivity index (χ4n) is 3.34. The minimum absolute atomic E-state index is 0.295. The molecule has 1 rings (SSSR count). The number of hydrogen-bond donors (Lipinski definition) is 1. The molecule has 3 nitrogen and oxygen atoms in total. The van der Waals surface area contributed by atoms with E-state index in [4.69, 9.17) is 4.74 Å². The number of unbranched alkanes of at least 4 members (excludes halogenated alkanes) is 7. The van der Waals surface area contributed by atoms with Gasteiger partial charge in [-0.3, -0.25) is 0 Å². The molecule has 0 spiro atoms. The van der Waals surface area contributed by atoms with Gasteiger partial charge >= 0.3 is 5.97 Å². The van der Waals surface area contributed by atoms with Crippen molar-refractivity contribution in [2.45, 2.75) is 90.9 Å². The van der Waals surface area contributed by atoms with Crippen LogP contribution in [0.2, 0.25) is 0 Å². The Morgan fingerprint density at radius 2 is 1.56 bits per heavy atom. The number of ether oxygens (including phenoxy) is 1. The predicted molar refractivity (Wildman–Crippen MR) is 105 cm³/mol. The predicted octanol–water partition coefficient (Wildman–Crippen LogP) is 6.81. The Bertz CT molecular complexity index is 492. The van der Waals surface area contributed by atoms with Crippen LogP contribution in [0.25, 0.3) is 0 Å². The summed E-state index contributed by atoms with van der Waals surface area (Å²) in [5.41, 5.74) is 1.34. The minimum atomic E-state index is -0.904. The van der Waals surface area contributed by atoms with Crippen molar-refractivity contribution in [2.75, 3.05) is 6.61 Å². The highest BCUT2D eigenvalue weighted by molar-refractivity contribution is 5.91. The van der Waals surface area contributed by atoms with Crippen LogP contribution in [0.5, 0.6) is 5.75 Å². The standard InChI is InChI=1S/C22H36O3/c1-4-7-8-9-10-11-12-13-17-25-21-19(18(5-2)6-3)15-14-16-20(21)22(23)24/h14-16,18H,4-13,17H2,1-3H3,(H,23,24). The zero-order valence-electron chi connectivity index (χ0n) is 16.4. The van der Waals surface area contributed by atoms with E-state index in [2.05, 4.69) is 20.8 Å². The molecule has 25 heavy (non-hydrogen) atoms. The van der Waals surface area contributed by atoms with Gasteiger partial charge in [0, 0.05) is 0 Å². The van der Waals surface area contributed by atoms with Crippen LogP contribution in [-0.4, -0.2) is 17.7 Å². The molecule has 0 heterocycles. The van der Waals surface area contributed by atoms with Crippen LogP contribution in [0.15, 0.2) is 18.2 Å². The van der Waals surface area contributed by atoms with Gasteiger partial charge in [-0.2, -0.15) is 0 Å². The molecule has 0 radical (unpaired) electrons. The van der Waals surface area contributed by atoms with Gasteiger partial charge in [0.05, 0.1) is 6.61 Å². The molecule has 0 fully saturated rings. The van der Waals surface area contributed by atoms with Gasteiger partial charge in [-0.25, -0.2) is 4.79 Å². The van der Waals surface area contributed by atoms with E-state index >= 15 is 0 Å². The van der Waals surface area contributed by atoms with Crippen molar-refractivity contribution in [1.82, 2.24) is 0 Å². The van der Waals surface area contributed by atoms with Crippen LogP contribution in [0.3, 0.4) is 0 Å². The Morgan fingerprint density at radius 1 is 0.960 bits per heavy atom. The molecule has 142 valence electrons. The summed E-state index contributed by atoms with van der Waals surface area (Å²) in [4.78, 5) is 11.6. The summed E-state index contributed by atoms with van der Waals surface area (Å²) in [5, 5.41) is 9.48. The second kappa shape index (κ2) is 12.8. The van der Waals surface area contributed by atoms with Crippen LogP contribution in [0.1, 0.15) is 107 Å². The number of hydrogen-bond acceptors (Lipinski definition) is 2. The van der Waals surface area contributed by atoms with Crippen LogP contribution in [0.4, 0.5) is 0 Å². The summed E-state index contributed by atoms with van der Waals surface area (Å²) >= 11 is 0. The number of carboxylic acid groups (broad SMARTS) is 1. The van der Waals surface area contributed by atoms with E-state index in [1.807, 2.05) is 12.1 Å². The third-order valence-electron chi connectivity index (χ3n) is 4.95. The summed E-state index contributed by atoms with van der Waals surface area (Å²) in [5.74, 6) is 0.0400. The maximum Gasteiger partial charge on any atom is 0.339 e. The lowest BCUT2D eigenvalue weighted by Gasteiger charge is -2.19. The summed E-state index contributed by atoms with van der Waals surface area (Å²) in [7, 11) is 0. The number of aromatic carboxylic acids is 1. The Balaban J connectivity index is 2.54. The SMILES string of the molecule is CCCCCCCCCCOc1c(C(=O)O)cccc1C(CC)CC. The molecule has 0 aliphatic carbocycles. The molecule has 3 heteroatoms. The second-order valence-electron chi connectivity index (χ2n) is 6.87. The maximum atomic E-state index is 11.6. The van der Waals surface area contributed by atoms with Crippen molar-refractivity contribution in [1.29, 1.82) is 0 Å². The molecule has 1 aromatic carbocycles. The number of carboxylic acids is 1. The first kappa shape index (κ1) is 21.5. The van der Waals surface area contributed by atoms with Crippen molar-refractivity contribution in [3.63, 3.8) is 0 Å². The van der Waals surface area contributed by atoms with Gasteiger partial charge in [0.15, 0.2) is 0 Å². The van der Waals surface area contributed by atoms with E-state index < -0.39 is 5.97 Å². The Kier molecular flexibility index (Phi) is 11.0. The Labute approximate surface area is 153 Å². The Morgan fingerprint density at radius 3 is 2.12 bits per heavy atom. The molecule has 0 atom stereocenters. The highest BCUT2D eigenvalue weighted by atomic mass is 16.5. The van der Waals surface area contributed by atoms with E-state index in [-0.39, 0.29) is 0 Å². The average Bonchev–Trinajstić information content (AvgIpc) is 2.61. The summed E-state index contributed by atoms with van der Waals surface area (Å²) in [6.45, 7) is 7.13. The molecule has 0 amide bonds. The van der Waals surface area contributed by atoms with Crippen molar-refractivity contribution < 1.29 is 14.6 Å². The highest BCUT2D eigenvalue weighted by Crippen LogP contribution is 2.34. The minimum Gasteiger partial charge on any atom is -0.492 e. The van der Waals surface area contributed by atoms with E-state index in [1.165, 1.54) is 38.5 Å². The van der Waals surface area contributed by atoms with Gasteiger partial charge < -0.3 is 9.84 Å². The van der Waals surface area contributed by atoms with Crippen LogP contribution in [0, 0.1) is 0 Å². The smallest absolute Gasteiger partial charge is 0.339 e. The molecule has 0 unspecified atom stereocenters. The van der Waals surface area contributed by atoms with Gasteiger partial charge in [-0.05, 0) is 36.8 Å². The number of rotatable bonds is 14. The quantitative estimate of drug-likeness (QED) is 0.376. The molecule has 0 aliphatic rings. The number of para-hydroxylation sites is 1. The fourth-order valence-corrected chi connectivity index (χ4v) is 3.34. The largest absolute Gasteiger partial charge is 0.492 e. The second-order valence-corrected chi connectivity index (χ2v) is 6.87. The van der Waals surface area contributed by atoms with Gasteiger partial charge in [-0.1, -0.05) is 77.8 Å². The van der Waals surface area contributed by atoms with Crippen molar-refractivity contribution in [3.05, 3.63) is 29.3 Å². The molecule has 0 bridgehead atoms. The van der Waals surface area contributed by atoms with E-state index in [0.29, 0.717) is 23.8 Å². The lowest BCUT2D eigenvalue weighted by Crippen LogP contribution is -2.09. The molecular weight excluding hydrogens is 312 g/mol. The van der Waals surface area contributed by atoms with Crippen molar-refractivity contribution >= 4 is 5.97 Å². The van der Waals surface area contributed by atoms with Crippen molar-refractivity contribution in [2.24, 2.45) is 0 Å². The zero-order chi connectivity index (χ0) is 18.5. The summed E-state index contributed by atoms with van der Waals surface area (Å²) < 4.78 is 5.98. The third-order valence-corrected chi connectivity index (χ3v) is 4.95.